The third kappa shape index (κ3) is 7.46. The summed E-state index contributed by atoms with van der Waals surface area (Å²) in [6.07, 6.45) is 4.16. The van der Waals surface area contributed by atoms with Gasteiger partial charge in [0, 0.05) is 58.7 Å². The van der Waals surface area contributed by atoms with Gasteiger partial charge in [-0.1, -0.05) is 12.1 Å². The first-order valence-corrected chi connectivity index (χ1v) is 10.6. The van der Waals surface area contributed by atoms with E-state index in [1.165, 1.54) is 24.2 Å². The van der Waals surface area contributed by atoms with Crippen molar-refractivity contribution in [3.05, 3.63) is 47.8 Å². The molecule has 2 aromatic rings. The van der Waals surface area contributed by atoms with Crippen molar-refractivity contribution in [1.29, 1.82) is 0 Å². The van der Waals surface area contributed by atoms with Gasteiger partial charge in [-0.15, -0.1) is 24.0 Å². The highest BCUT2D eigenvalue weighted by molar-refractivity contribution is 14.0. The summed E-state index contributed by atoms with van der Waals surface area (Å²) >= 11 is 0. The molecule has 2 N–H and O–H groups in total. The maximum absolute atomic E-state index is 4.30. The molecule has 0 saturated carbocycles. The number of guanidine groups is 1. The van der Waals surface area contributed by atoms with E-state index in [0.29, 0.717) is 0 Å². The predicted octanol–water partition coefficient (Wildman–Crippen LogP) is 2.61. The van der Waals surface area contributed by atoms with Gasteiger partial charge in [-0.2, -0.15) is 5.10 Å². The Balaban J connectivity index is 0.00000320. The van der Waals surface area contributed by atoms with E-state index in [1.54, 1.807) is 0 Å². The number of nitrogens with zero attached hydrogens (tertiary/aromatic N) is 5. The Morgan fingerprint density at radius 1 is 1.10 bits per heavy atom. The molecule has 1 aromatic carbocycles. The number of aromatic nitrogens is 2. The fourth-order valence-electron chi connectivity index (χ4n) is 3.69. The average Bonchev–Trinajstić information content (AvgIpc) is 3.15. The van der Waals surface area contributed by atoms with Crippen molar-refractivity contribution in [3.8, 4) is 0 Å². The zero-order chi connectivity index (χ0) is 20.5. The molecule has 1 aromatic heterocycles. The number of anilines is 1. The molecule has 1 saturated heterocycles. The molecular formula is C22H36IN7. The van der Waals surface area contributed by atoms with Crippen LogP contribution >= 0.6 is 24.0 Å². The van der Waals surface area contributed by atoms with E-state index in [4.69, 9.17) is 0 Å². The highest BCUT2D eigenvalue weighted by atomic mass is 127. The first-order valence-electron chi connectivity index (χ1n) is 10.6. The lowest BCUT2D eigenvalue weighted by Crippen LogP contribution is -2.46. The Kier molecular flexibility index (Phi) is 10.4. The molecule has 3 rings (SSSR count). The molecule has 0 bridgehead atoms. The standard InChI is InChI=1S/C22H35N7.HI/c1-19-7-6-8-20(17-19)29-15-13-28(14-16-29)12-5-4-10-24-22(23-2)25-18-21-9-11-26-27(21)3;/h6-9,11,17H,4-5,10,12-16,18H2,1-3H3,(H2,23,24,25);1H. The maximum Gasteiger partial charge on any atom is 0.191 e. The number of halogens is 1. The van der Waals surface area contributed by atoms with Crippen LogP contribution in [0.3, 0.4) is 0 Å². The summed E-state index contributed by atoms with van der Waals surface area (Å²) in [4.78, 5) is 9.38. The average molecular weight is 525 g/mol. The molecule has 7 nitrogen and oxygen atoms in total. The fourth-order valence-corrected chi connectivity index (χ4v) is 3.69. The highest BCUT2D eigenvalue weighted by Crippen LogP contribution is 2.17. The molecule has 0 spiro atoms. The second-order valence-electron chi connectivity index (χ2n) is 7.67. The Morgan fingerprint density at radius 2 is 1.90 bits per heavy atom. The molecule has 0 radical (unpaired) electrons. The molecule has 30 heavy (non-hydrogen) atoms. The molecule has 0 unspecified atom stereocenters. The molecular weight excluding hydrogens is 489 g/mol. The second kappa shape index (κ2) is 12.8. The van der Waals surface area contributed by atoms with E-state index in [9.17, 15) is 0 Å². The molecule has 0 atom stereocenters. The quantitative estimate of drug-likeness (QED) is 0.240. The van der Waals surface area contributed by atoms with Gasteiger partial charge >= 0.3 is 0 Å². The van der Waals surface area contributed by atoms with E-state index >= 15 is 0 Å². The van der Waals surface area contributed by atoms with Crippen molar-refractivity contribution in [1.82, 2.24) is 25.3 Å². The SMILES string of the molecule is CN=C(NCCCCN1CCN(c2cccc(C)c2)CC1)NCc1ccnn1C.I. The van der Waals surface area contributed by atoms with Crippen LogP contribution < -0.4 is 15.5 Å². The molecule has 1 aliphatic heterocycles. The topological polar surface area (TPSA) is 60.7 Å². The molecule has 1 aliphatic rings. The number of hydrogen-bond acceptors (Lipinski definition) is 4. The smallest absolute Gasteiger partial charge is 0.191 e. The van der Waals surface area contributed by atoms with E-state index < -0.39 is 0 Å². The Labute approximate surface area is 197 Å². The number of unbranched alkanes of at least 4 members (excludes halogenated alkanes) is 1. The summed E-state index contributed by atoms with van der Waals surface area (Å²) < 4.78 is 1.87. The van der Waals surface area contributed by atoms with Crippen molar-refractivity contribution < 1.29 is 0 Å². The summed E-state index contributed by atoms with van der Waals surface area (Å²) in [5.74, 6) is 0.845. The van der Waals surface area contributed by atoms with E-state index in [1.807, 2.05) is 31.0 Å². The predicted molar refractivity (Wildman–Crippen MR) is 136 cm³/mol. The van der Waals surface area contributed by atoms with Crippen molar-refractivity contribution in [2.24, 2.45) is 12.0 Å². The van der Waals surface area contributed by atoms with Gasteiger partial charge in [0.05, 0.1) is 12.2 Å². The van der Waals surface area contributed by atoms with Crippen molar-refractivity contribution in [2.45, 2.75) is 26.3 Å². The molecule has 1 fully saturated rings. The van der Waals surface area contributed by atoms with E-state index in [2.05, 4.69) is 61.7 Å². The van der Waals surface area contributed by atoms with Gasteiger partial charge in [-0.05, 0) is 50.1 Å². The normalized spacial score (nSPS) is 15.0. The third-order valence-corrected chi connectivity index (χ3v) is 5.52. The third-order valence-electron chi connectivity index (χ3n) is 5.52. The van der Waals surface area contributed by atoms with Crippen molar-refractivity contribution in [3.63, 3.8) is 0 Å². The minimum atomic E-state index is 0. The lowest BCUT2D eigenvalue weighted by atomic mass is 10.2. The summed E-state index contributed by atoms with van der Waals surface area (Å²) in [6.45, 7) is 9.53. The van der Waals surface area contributed by atoms with Crippen LogP contribution in [0.1, 0.15) is 24.1 Å². The lowest BCUT2D eigenvalue weighted by molar-refractivity contribution is 0.253. The van der Waals surface area contributed by atoms with Crippen molar-refractivity contribution in [2.75, 3.05) is 51.2 Å². The number of aryl methyl sites for hydroxylation is 2. The number of rotatable bonds is 8. The summed E-state index contributed by atoms with van der Waals surface area (Å²) in [7, 11) is 3.76. The van der Waals surface area contributed by atoms with Gasteiger partial charge in [-0.25, -0.2) is 0 Å². The number of aliphatic imine (C=N–C) groups is 1. The number of benzene rings is 1. The highest BCUT2D eigenvalue weighted by Gasteiger charge is 2.16. The van der Waals surface area contributed by atoms with Crippen LogP contribution in [-0.2, 0) is 13.6 Å². The van der Waals surface area contributed by atoms with Gasteiger partial charge in [0.1, 0.15) is 0 Å². The van der Waals surface area contributed by atoms with Crippen LogP contribution in [0.5, 0.6) is 0 Å². The molecule has 0 aliphatic carbocycles. The van der Waals surface area contributed by atoms with Gasteiger partial charge in [0.15, 0.2) is 5.96 Å². The first kappa shape index (κ1) is 24.5. The second-order valence-corrected chi connectivity index (χ2v) is 7.67. The Morgan fingerprint density at radius 3 is 2.57 bits per heavy atom. The first-order chi connectivity index (χ1) is 14.2. The molecule has 0 amide bonds. The zero-order valence-corrected chi connectivity index (χ0v) is 20.8. The Bertz CT molecular complexity index is 781. The van der Waals surface area contributed by atoms with Gasteiger partial charge in [-0.3, -0.25) is 14.6 Å². The van der Waals surface area contributed by atoms with Gasteiger partial charge in [0.2, 0.25) is 0 Å². The molecule has 2 heterocycles. The van der Waals surface area contributed by atoms with E-state index in [0.717, 1.165) is 57.3 Å². The van der Waals surface area contributed by atoms with Crippen molar-refractivity contribution >= 4 is 35.6 Å². The van der Waals surface area contributed by atoms with Crippen LogP contribution in [0.25, 0.3) is 0 Å². The monoisotopic (exact) mass is 525 g/mol. The van der Waals surface area contributed by atoms with Crippen LogP contribution in [0.4, 0.5) is 5.69 Å². The summed E-state index contributed by atoms with van der Waals surface area (Å²) in [6, 6.07) is 10.8. The summed E-state index contributed by atoms with van der Waals surface area (Å²) in [5.41, 5.74) is 3.83. The zero-order valence-electron chi connectivity index (χ0n) is 18.5. The summed E-state index contributed by atoms with van der Waals surface area (Å²) in [5, 5.41) is 10.9. The van der Waals surface area contributed by atoms with Crippen LogP contribution in [0.2, 0.25) is 0 Å². The fraction of sp³-hybridized carbons (Fsp3) is 0.545. The lowest BCUT2D eigenvalue weighted by Gasteiger charge is -2.36. The minimum absolute atomic E-state index is 0. The van der Waals surface area contributed by atoms with E-state index in [-0.39, 0.29) is 24.0 Å². The largest absolute Gasteiger partial charge is 0.369 e. The molecule has 8 heteroatoms. The number of hydrogen-bond donors (Lipinski definition) is 2. The molecule has 166 valence electrons. The van der Waals surface area contributed by atoms with Crippen LogP contribution in [0.15, 0.2) is 41.5 Å². The van der Waals surface area contributed by atoms with Gasteiger partial charge in [0.25, 0.3) is 0 Å². The Hall–Kier alpha value is -1.81. The van der Waals surface area contributed by atoms with Crippen LogP contribution in [0, 0.1) is 6.92 Å². The number of piperazine rings is 1. The van der Waals surface area contributed by atoms with Crippen LogP contribution in [-0.4, -0.2) is 67.0 Å². The maximum atomic E-state index is 4.30. The minimum Gasteiger partial charge on any atom is -0.369 e. The van der Waals surface area contributed by atoms with Gasteiger partial charge < -0.3 is 15.5 Å². The number of nitrogens with one attached hydrogen (secondary N) is 2.